The number of para-hydroxylation sites is 1. The molecule has 3 rings (SSSR count). The van der Waals surface area contributed by atoms with Crippen LogP contribution in [0, 0.1) is 11.8 Å². The molecule has 6 nitrogen and oxygen atoms in total. The Morgan fingerprint density at radius 1 is 1.00 bits per heavy atom. The van der Waals surface area contributed by atoms with Gasteiger partial charge in [0, 0.05) is 12.2 Å². The van der Waals surface area contributed by atoms with Crippen molar-refractivity contribution in [1.29, 1.82) is 0 Å². The van der Waals surface area contributed by atoms with Crippen molar-refractivity contribution in [3.05, 3.63) is 53.6 Å². The van der Waals surface area contributed by atoms with Crippen LogP contribution in [0.4, 0.5) is 5.69 Å². The molecular formula is C22H26N2O4. The van der Waals surface area contributed by atoms with Crippen LogP contribution in [0.5, 0.6) is 11.5 Å². The highest BCUT2D eigenvalue weighted by Crippen LogP contribution is 2.40. The van der Waals surface area contributed by atoms with Crippen LogP contribution in [-0.4, -0.2) is 26.0 Å². The lowest BCUT2D eigenvalue weighted by atomic mass is 10.1. The number of carbonyl (C=O) groups excluding carboxylic acids is 2. The van der Waals surface area contributed by atoms with Gasteiger partial charge >= 0.3 is 0 Å². The second-order valence-electron chi connectivity index (χ2n) is 6.86. The molecule has 1 aliphatic carbocycles. The lowest BCUT2D eigenvalue weighted by molar-refractivity contribution is -0.125. The fourth-order valence-corrected chi connectivity index (χ4v) is 3.26. The third-order valence-electron chi connectivity index (χ3n) is 5.03. The number of aryl methyl sites for hydroxylation is 1. The lowest BCUT2D eigenvalue weighted by Crippen LogP contribution is -2.27. The van der Waals surface area contributed by atoms with Crippen molar-refractivity contribution in [1.82, 2.24) is 5.32 Å². The van der Waals surface area contributed by atoms with Crippen LogP contribution < -0.4 is 20.1 Å². The number of nitrogens with one attached hydrogen (secondary N) is 2. The lowest BCUT2D eigenvalue weighted by Gasteiger charge is -2.11. The summed E-state index contributed by atoms with van der Waals surface area (Å²) < 4.78 is 10.5. The minimum Gasteiger partial charge on any atom is -0.493 e. The van der Waals surface area contributed by atoms with E-state index < -0.39 is 0 Å². The molecule has 0 bridgehead atoms. The quantitative estimate of drug-likeness (QED) is 0.735. The Bertz CT molecular complexity index is 865. The third kappa shape index (κ3) is 4.44. The highest BCUT2D eigenvalue weighted by molar-refractivity contribution is 5.99. The number of carbonyl (C=O) groups is 2. The monoisotopic (exact) mass is 382 g/mol. The summed E-state index contributed by atoms with van der Waals surface area (Å²) >= 11 is 0. The Morgan fingerprint density at radius 3 is 2.43 bits per heavy atom. The van der Waals surface area contributed by atoms with Gasteiger partial charge in [-0.1, -0.05) is 31.2 Å². The van der Waals surface area contributed by atoms with Crippen LogP contribution in [0.2, 0.25) is 0 Å². The van der Waals surface area contributed by atoms with Crippen LogP contribution in [0.25, 0.3) is 0 Å². The maximum atomic E-state index is 12.5. The maximum Gasteiger partial charge on any atom is 0.228 e. The maximum absolute atomic E-state index is 12.5. The molecule has 1 aliphatic rings. The van der Waals surface area contributed by atoms with E-state index in [2.05, 4.69) is 10.6 Å². The number of rotatable bonds is 8. The number of hydrogen-bond donors (Lipinski definition) is 2. The molecule has 28 heavy (non-hydrogen) atoms. The number of benzene rings is 2. The van der Waals surface area contributed by atoms with Crippen molar-refractivity contribution >= 4 is 17.5 Å². The molecule has 0 aromatic heterocycles. The molecule has 1 saturated carbocycles. The first-order valence-electron chi connectivity index (χ1n) is 9.44. The smallest absolute Gasteiger partial charge is 0.228 e. The van der Waals surface area contributed by atoms with Gasteiger partial charge in [0.1, 0.15) is 0 Å². The molecule has 0 spiro atoms. The average Bonchev–Trinajstić information content (AvgIpc) is 3.53. The van der Waals surface area contributed by atoms with Crippen molar-refractivity contribution in [3.63, 3.8) is 0 Å². The van der Waals surface area contributed by atoms with E-state index in [1.54, 1.807) is 20.3 Å². The van der Waals surface area contributed by atoms with Gasteiger partial charge in [0.15, 0.2) is 11.5 Å². The number of amides is 2. The van der Waals surface area contributed by atoms with Gasteiger partial charge in [0.25, 0.3) is 0 Å². The van der Waals surface area contributed by atoms with E-state index >= 15 is 0 Å². The largest absolute Gasteiger partial charge is 0.493 e. The van der Waals surface area contributed by atoms with Crippen molar-refractivity contribution in [2.24, 2.45) is 11.8 Å². The normalized spacial score (nSPS) is 17.5. The zero-order chi connectivity index (χ0) is 20.1. The molecule has 148 valence electrons. The molecule has 6 heteroatoms. The summed E-state index contributed by atoms with van der Waals surface area (Å²) in [6.07, 6.45) is 1.42. The Balaban J connectivity index is 1.52. The number of ether oxygens (including phenoxy) is 2. The van der Waals surface area contributed by atoms with E-state index in [0.29, 0.717) is 24.5 Å². The fourth-order valence-electron chi connectivity index (χ4n) is 3.26. The Hall–Kier alpha value is -3.02. The zero-order valence-corrected chi connectivity index (χ0v) is 16.5. The minimum atomic E-state index is -0.270. The van der Waals surface area contributed by atoms with Crippen LogP contribution in [0.3, 0.4) is 0 Å². The summed E-state index contributed by atoms with van der Waals surface area (Å²) in [5, 5.41) is 5.87. The summed E-state index contributed by atoms with van der Waals surface area (Å²) in [5.41, 5.74) is 2.82. The zero-order valence-electron chi connectivity index (χ0n) is 16.5. The first-order valence-corrected chi connectivity index (χ1v) is 9.44. The molecule has 2 aromatic carbocycles. The summed E-state index contributed by atoms with van der Waals surface area (Å²) in [5.74, 6) is 0.534. The molecule has 0 radical (unpaired) electrons. The molecule has 1 fully saturated rings. The molecule has 0 saturated heterocycles. The van der Waals surface area contributed by atoms with Crippen molar-refractivity contribution in [2.75, 3.05) is 19.5 Å². The summed E-state index contributed by atoms with van der Waals surface area (Å²) in [6.45, 7) is 2.43. The van der Waals surface area contributed by atoms with Crippen molar-refractivity contribution < 1.29 is 19.1 Å². The summed E-state index contributed by atoms with van der Waals surface area (Å²) in [6, 6.07) is 13.3. The molecule has 2 aromatic rings. The van der Waals surface area contributed by atoms with E-state index in [4.69, 9.17) is 9.47 Å². The van der Waals surface area contributed by atoms with Gasteiger partial charge in [-0.15, -0.1) is 0 Å². The van der Waals surface area contributed by atoms with Crippen molar-refractivity contribution in [3.8, 4) is 11.5 Å². The van der Waals surface area contributed by atoms with Gasteiger partial charge in [-0.3, -0.25) is 9.59 Å². The van der Waals surface area contributed by atoms with Crippen molar-refractivity contribution in [2.45, 2.75) is 26.3 Å². The van der Waals surface area contributed by atoms with E-state index in [-0.39, 0.29) is 23.7 Å². The topological polar surface area (TPSA) is 76.7 Å². The Labute approximate surface area is 165 Å². The van der Waals surface area contributed by atoms with E-state index in [9.17, 15) is 9.59 Å². The minimum absolute atomic E-state index is 0.0906. The van der Waals surface area contributed by atoms with Crippen LogP contribution >= 0.6 is 0 Å². The third-order valence-corrected chi connectivity index (χ3v) is 5.03. The predicted molar refractivity (Wildman–Crippen MR) is 107 cm³/mol. The molecule has 0 aliphatic heterocycles. The molecule has 2 N–H and O–H groups in total. The van der Waals surface area contributed by atoms with Crippen LogP contribution in [-0.2, 0) is 22.6 Å². The second kappa shape index (κ2) is 8.78. The number of methoxy groups -OCH3 is 2. The second-order valence-corrected chi connectivity index (χ2v) is 6.86. The first-order chi connectivity index (χ1) is 13.6. The standard InChI is InChI=1S/C22H26N2O4/c1-4-15-7-5-6-8-18(15)24-22(26)17-12-16(17)21(25)23-13-14-9-10-19(27-2)20(11-14)28-3/h5-11,16-17H,4,12-13H2,1-3H3,(H,23,25)(H,24,26). The molecule has 2 amide bonds. The molecular weight excluding hydrogens is 356 g/mol. The highest BCUT2D eigenvalue weighted by Gasteiger charge is 2.48. The van der Waals surface area contributed by atoms with Crippen LogP contribution in [0.15, 0.2) is 42.5 Å². The fraction of sp³-hybridized carbons (Fsp3) is 0.364. The van der Waals surface area contributed by atoms with E-state index in [1.165, 1.54) is 0 Å². The molecule has 0 heterocycles. The van der Waals surface area contributed by atoms with Gasteiger partial charge in [-0.25, -0.2) is 0 Å². The number of anilines is 1. The SMILES string of the molecule is CCc1ccccc1NC(=O)C1CC1C(=O)NCc1ccc(OC)c(OC)c1. The summed E-state index contributed by atoms with van der Waals surface area (Å²) in [7, 11) is 3.15. The van der Waals surface area contributed by atoms with Gasteiger partial charge < -0.3 is 20.1 Å². The first kappa shape index (κ1) is 19.7. The number of hydrogen-bond acceptors (Lipinski definition) is 4. The average molecular weight is 382 g/mol. The Kier molecular flexibility index (Phi) is 6.19. The van der Waals surface area contributed by atoms with E-state index in [0.717, 1.165) is 23.2 Å². The Morgan fingerprint density at radius 2 is 1.71 bits per heavy atom. The van der Waals surface area contributed by atoms with Crippen LogP contribution in [0.1, 0.15) is 24.5 Å². The van der Waals surface area contributed by atoms with Gasteiger partial charge in [-0.2, -0.15) is 0 Å². The summed E-state index contributed by atoms with van der Waals surface area (Å²) in [4.78, 5) is 24.9. The van der Waals surface area contributed by atoms with Gasteiger partial charge in [-0.05, 0) is 42.2 Å². The van der Waals surface area contributed by atoms with Gasteiger partial charge in [0.05, 0.1) is 26.1 Å². The molecule has 2 atom stereocenters. The highest BCUT2D eigenvalue weighted by atomic mass is 16.5. The van der Waals surface area contributed by atoms with E-state index in [1.807, 2.05) is 43.3 Å². The molecule has 2 unspecified atom stereocenters. The predicted octanol–water partition coefficient (Wildman–Crippen LogP) is 3.16. The van der Waals surface area contributed by atoms with Gasteiger partial charge in [0.2, 0.25) is 11.8 Å².